The second kappa shape index (κ2) is 4.99. The standard InChI is InChI=1S/C10H9NO4/c1-2-15-10(14)7-3-4-8(11-5-7)9(13)6-12/h3-6H,2H2,1H3. The zero-order valence-electron chi connectivity index (χ0n) is 8.10. The average molecular weight is 207 g/mol. The lowest BCUT2D eigenvalue weighted by atomic mass is 10.2. The zero-order valence-corrected chi connectivity index (χ0v) is 8.10. The molecule has 0 atom stereocenters. The van der Waals surface area contributed by atoms with Gasteiger partial charge in [0.05, 0.1) is 12.2 Å². The number of hydrogen-bond acceptors (Lipinski definition) is 5. The first-order valence-electron chi connectivity index (χ1n) is 4.31. The molecular weight excluding hydrogens is 198 g/mol. The number of ether oxygens (including phenoxy) is 1. The number of nitrogens with zero attached hydrogens (tertiary/aromatic N) is 1. The van der Waals surface area contributed by atoms with Crippen molar-refractivity contribution in [2.24, 2.45) is 0 Å². The van der Waals surface area contributed by atoms with E-state index in [2.05, 4.69) is 4.98 Å². The van der Waals surface area contributed by atoms with E-state index in [0.717, 1.165) is 0 Å². The van der Waals surface area contributed by atoms with Crippen molar-refractivity contribution >= 4 is 18.0 Å². The maximum absolute atomic E-state index is 11.2. The molecule has 0 aliphatic carbocycles. The molecule has 0 saturated heterocycles. The minimum Gasteiger partial charge on any atom is -0.462 e. The van der Waals surface area contributed by atoms with Crippen LogP contribution in [-0.4, -0.2) is 29.6 Å². The molecule has 1 heterocycles. The summed E-state index contributed by atoms with van der Waals surface area (Å²) in [6.45, 7) is 1.96. The number of carbonyl (C=O) groups excluding carboxylic acids is 3. The molecule has 5 nitrogen and oxygen atoms in total. The zero-order chi connectivity index (χ0) is 11.3. The summed E-state index contributed by atoms with van der Waals surface area (Å²) in [6.07, 6.45) is 1.38. The highest BCUT2D eigenvalue weighted by Gasteiger charge is 2.09. The normalized spacial score (nSPS) is 9.40. The molecule has 15 heavy (non-hydrogen) atoms. The molecule has 0 aromatic carbocycles. The summed E-state index contributed by atoms with van der Waals surface area (Å²) < 4.78 is 4.72. The maximum atomic E-state index is 11.2. The first-order chi connectivity index (χ1) is 7.19. The van der Waals surface area contributed by atoms with Crippen molar-refractivity contribution in [3.8, 4) is 0 Å². The van der Waals surface area contributed by atoms with Gasteiger partial charge in [0.15, 0.2) is 6.29 Å². The van der Waals surface area contributed by atoms with Crippen LogP contribution < -0.4 is 0 Å². The van der Waals surface area contributed by atoms with E-state index < -0.39 is 11.8 Å². The van der Waals surface area contributed by atoms with Gasteiger partial charge in [-0.25, -0.2) is 4.79 Å². The minimum absolute atomic E-state index is 0.0121. The van der Waals surface area contributed by atoms with Crippen molar-refractivity contribution in [2.45, 2.75) is 6.92 Å². The molecule has 1 rings (SSSR count). The smallest absolute Gasteiger partial charge is 0.339 e. The molecule has 0 aliphatic heterocycles. The second-order valence-corrected chi connectivity index (χ2v) is 2.63. The molecule has 0 amide bonds. The third-order valence-electron chi connectivity index (χ3n) is 1.63. The van der Waals surface area contributed by atoms with Crippen molar-refractivity contribution in [3.63, 3.8) is 0 Å². The summed E-state index contributed by atoms with van der Waals surface area (Å²) in [4.78, 5) is 35.9. The highest BCUT2D eigenvalue weighted by atomic mass is 16.5. The third kappa shape index (κ3) is 2.70. The minimum atomic E-state index is -0.717. The molecule has 0 unspecified atom stereocenters. The number of aromatic nitrogens is 1. The highest BCUT2D eigenvalue weighted by molar-refractivity contribution is 6.32. The number of rotatable bonds is 4. The largest absolute Gasteiger partial charge is 0.462 e. The van der Waals surface area contributed by atoms with Crippen LogP contribution >= 0.6 is 0 Å². The van der Waals surface area contributed by atoms with Gasteiger partial charge in [0.2, 0.25) is 5.78 Å². The van der Waals surface area contributed by atoms with E-state index in [4.69, 9.17) is 4.74 Å². The van der Waals surface area contributed by atoms with Gasteiger partial charge >= 0.3 is 5.97 Å². The van der Waals surface area contributed by atoms with E-state index in [1.54, 1.807) is 6.92 Å². The molecule has 0 aliphatic rings. The van der Waals surface area contributed by atoms with Crippen LogP contribution in [0, 0.1) is 0 Å². The predicted octanol–water partition coefficient (Wildman–Crippen LogP) is 0.640. The van der Waals surface area contributed by atoms with Crippen molar-refractivity contribution in [2.75, 3.05) is 6.61 Å². The van der Waals surface area contributed by atoms with Gasteiger partial charge in [0.25, 0.3) is 0 Å². The average Bonchev–Trinajstić information content (AvgIpc) is 2.28. The fourth-order valence-electron chi connectivity index (χ4n) is 0.935. The Bertz CT molecular complexity index is 383. The van der Waals surface area contributed by atoms with Crippen LogP contribution in [0.5, 0.6) is 0 Å². The summed E-state index contributed by atoms with van der Waals surface area (Å²) in [5.74, 6) is -1.22. The molecular formula is C10H9NO4. The molecule has 78 valence electrons. The Labute approximate surface area is 86.1 Å². The number of hydrogen-bond donors (Lipinski definition) is 0. The van der Waals surface area contributed by atoms with Gasteiger partial charge < -0.3 is 4.74 Å². The molecule has 0 radical (unpaired) electrons. The molecule has 1 aromatic rings. The van der Waals surface area contributed by atoms with E-state index in [-0.39, 0.29) is 24.2 Å². The van der Waals surface area contributed by atoms with Gasteiger partial charge in [-0.2, -0.15) is 0 Å². The van der Waals surface area contributed by atoms with E-state index in [0.29, 0.717) is 0 Å². The van der Waals surface area contributed by atoms with Gasteiger partial charge in [0, 0.05) is 6.20 Å². The SMILES string of the molecule is CCOC(=O)c1ccc(C(=O)C=O)nc1. The number of ketones is 1. The summed E-state index contributed by atoms with van der Waals surface area (Å²) >= 11 is 0. The van der Waals surface area contributed by atoms with Gasteiger partial charge in [0.1, 0.15) is 5.69 Å². The van der Waals surface area contributed by atoms with E-state index in [9.17, 15) is 14.4 Å². The van der Waals surface area contributed by atoms with Crippen LogP contribution in [0.3, 0.4) is 0 Å². The molecule has 0 saturated carbocycles. The van der Waals surface area contributed by atoms with Crippen LogP contribution in [0.25, 0.3) is 0 Å². The quantitative estimate of drug-likeness (QED) is 0.313. The Morgan fingerprint density at radius 1 is 1.47 bits per heavy atom. The fourth-order valence-corrected chi connectivity index (χ4v) is 0.935. The Kier molecular flexibility index (Phi) is 3.68. The Morgan fingerprint density at radius 3 is 2.67 bits per heavy atom. The number of pyridine rings is 1. The first-order valence-corrected chi connectivity index (χ1v) is 4.31. The van der Waals surface area contributed by atoms with Crippen molar-refractivity contribution < 1.29 is 19.1 Å². The van der Waals surface area contributed by atoms with Crippen molar-refractivity contribution in [3.05, 3.63) is 29.6 Å². The monoisotopic (exact) mass is 207 g/mol. The maximum Gasteiger partial charge on any atom is 0.339 e. The molecule has 0 fully saturated rings. The Hall–Kier alpha value is -2.04. The van der Waals surface area contributed by atoms with Gasteiger partial charge in [-0.3, -0.25) is 14.6 Å². The lowest BCUT2D eigenvalue weighted by Gasteiger charge is -2.00. The summed E-state index contributed by atoms with van der Waals surface area (Å²) in [7, 11) is 0. The van der Waals surface area contributed by atoms with E-state index in [1.165, 1.54) is 18.3 Å². The van der Waals surface area contributed by atoms with Crippen LogP contribution in [-0.2, 0) is 9.53 Å². The third-order valence-corrected chi connectivity index (χ3v) is 1.63. The number of Topliss-reactive ketones (excluding diaryl/α,β-unsaturated/α-hetero) is 1. The summed E-state index contributed by atoms with van der Waals surface area (Å²) in [6, 6.07) is 2.70. The highest BCUT2D eigenvalue weighted by Crippen LogP contribution is 2.02. The lowest BCUT2D eigenvalue weighted by molar-refractivity contribution is -0.104. The van der Waals surface area contributed by atoms with Gasteiger partial charge in [-0.15, -0.1) is 0 Å². The molecule has 0 N–H and O–H groups in total. The van der Waals surface area contributed by atoms with Crippen molar-refractivity contribution in [1.29, 1.82) is 0 Å². The van der Waals surface area contributed by atoms with Crippen LogP contribution in [0.15, 0.2) is 18.3 Å². The predicted molar refractivity (Wildman–Crippen MR) is 50.6 cm³/mol. The van der Waals surface area contributed by atoms with Gasteiger partial charge in [-0.1, -0.05) is 0 Å². The Morgan fingerprint density at radius 2 is 2.20 bits per heavy atom. The molecule has 0 bridgehead atoms. The summed E-state index contributed by atoms with van der Waals surface area (Å²) in [5, 5.41) is 0. The number of esters is 1. The van der Waals surface area contributed by atoms with E-state index in [1.807, 2.05) is 0 Å². The molecule has 0 spiro atoms. The summed E-state index contributed by atoms with van der Waals surface area (Å²) in [5.41, 5.74) is 0.261. The Balaban J connectivity index is 2.85. The lowest BCUT2D eigenvalue weighted by Crippen LogP contribution is -2.08. The number of carbonyl (C=O) groups is 3. The van der Waals surface area contributed by atoms with Crippen LogP contribution in [0.4, 0.5) is 0 Å². The van der Waals surface area contributed by atoms with E-state index >= 15 is 0 Å². The topological polar surface area (TPSA) is 73.3 Å². The first kappa shape index (κ1) is 11.0. The number of aldehydes is 1. The van der Waals surface area contributed by atoms with Gasteiger partial charge in [-0.05, 0) is 19.1 Å². The molecule has 1 aromatic heterocycles. The van der Waals surface area contributed by atoms with Crippen molar-refractivity contribution in [1.82, 2.24) is 4.98 Å². The van der Waals surface area contributed by atoms with Crippen LogP contribution in [0.1, 0.15) is 27.8 Å². The molecule has 5 heteroatoms. The van der Waals surface area contributed by atoms with Crippen LogP contribution in [0.2, 0.25) is 0 Å². The fraction of sp³-hybridized carbons (Fsp3) is 0.200. The second-order valence-electron chi connectivity index (χ2n) is 2.63.